The van der Waals surface area contributed by atoms with Crippen molar-refractivity contribution in [2.75, 3.05) is 105 Å². The number of amides is 2. The zero-order chi connectivity index (χ0) is 43.2. The van der Waals surface area contributed by atoms with E-state index in [2.05, 4.69) is 43.4 Å². The molecule has 60 heavy (non-hydrogen) atoms. The van der Waals surface area contributed by atoms with E-state index in [1.54, 1.807) is 0 Å². The van der Waals surface area contributed by atoms with Crippen LogP contribution in [0, 0.1) is 17.8 Å². The number of nitrogens with one attached hydrogen (secondary N) is 3. The Morgan fingerprint density at radius 3 is 2.05 bits per heavy atom. The van der Waals surface area contributed by atoms with E-state index >= 15 is 0 Å². The lowest BCUT2D eigenvalue weighted by Crippen LogP contribution is -2.51. The largest absolute Gasteiger partial charge is 0.444 e. The highest BCUT2D eigenvalue weighted by Gasteiger charge is 2.43. The molecule has 2 amide bonds. The van der Waals surface area contributed by atoms with E-state index in [0.29, 0.717) is 102 Å². The molecule has 2 unspecified atom stereocenters. The first-order valence-electron chi connectivity index (χ1n) is 22.1. The van der Waals surface area contributed by atoms with Crippen LogP contribution in [-0.4, -0.2) is 172 Å². The van der Waals surface area contributed by atoms with E-state index in [9.17, 15) is 9.59 Å². The number of piperidine rings is 1. The van der Waals surface area contributed by atoms with Crippen LogP contribution in [0.4, 0.5) is 4.79 Å². The normalized spacial score (nSPS) is 20.9. The molecule has 336 valence electrons. The number of amidine groups is 2. The zero-order valence-corrected chi connectivity index (χ0v) is 37.0. The van der Waals surface area contributed by atoms with Crippen molar-refractivity contribution in [2.24, 2.45) is 5.73 Å². The van der Waals surface area contributed by atoms with Crippen LogP contribution >= 0.6 is 0 Å². The second-order valence-electron chi connectivity index (χ2n) is 17.1. The minimum Gasteiger partial charge on any atom is -0.444 e. The van der Waals surface area contributed by atoms with Gasteiger partial charge in [0.1, 0.15) is 12.2 Å². The van der Waals surface area contributed by atoms with Gasteiger partial charge in [0.15, 0.2) is 5.84 Å². The van der Waals surface area contributed by atoms with Crippen LogP contribution in [0.2, 0.25) is 0 Å². The van der Waals surface area contributed by atoms with Gasteiger partial charge < -0.3 is 45.0 Å². The molecule has 3 aliphatic rings. The van der Waals surface area contributed by atoms with Gasteiger partial charge in [-0.25, -0.2) is 9.37 Å². The number of carbonyl (C=O) groups is 2. The maximum Gasteiger partial charge on any atom is 0.408 e. The summed E-state index contributed by atoms with van der Waals surface area (Å²) in [6.07, 6.45) is 11.4. The Bertz CT molecular complexity index is 1490. The monoisotopic (exact) mass is 840 g/mol. The lowest BCUT2D eigenvalue weighted by atomic mass is 9.95. The third kappa shape index (κ3) is 18.2. The van der Waals surface area contributed by atoms with Gasteiger partial charge in [0, 0.05) is 84.2 Å². The molecule has 0 aromatic heterocycles. The number of nitrogens with two attached hydrogens (primary N) is 1. The summed E-state index contributed by atoms with van der Waals surface area (Å²) in [7, 11) is 0. The van der Waals surface area contributed by atoms with Crippen molar-refractivity contribution in [1.29, 1.82) is 5.41 Å². The average molecular weight is 840 g/mol. The van der Waals surface area contributed by atoms with Gasteiger partial charge in [0.25, 0.3) is 0 Å². The van der Waals surface area contributed by atoms with Gasteiger partial charge in [-0.2, -0.15) is 5.41 Å². The van der Waals surface area contributed by atoms with Crippen molar-refractivity contribution in [2.45, 2.75) is 109 Å². The summed E-state index contributed by atoms with van der Waals surface area (Å²) in [6.45, 7) is 18.5. The highest BCUT2D eigenvalue weighted by atomic mass is 16.6. The number of hydrogen-bond acceptors (Lipinski definition) is 11. The predicted octanol–water partition coefficient (Wildman–Crippen LogP) is 3.61. The summed E-state index contributed by atoms with van der Waals surface area (Å²) in [6, 6.07) is 11.0. The van der Waals surface area contributed by atoms with Gasteiger partial charge in [0.05, 0.1) is 58.3 Å². The van der Waals surface area contributed by atoms with Crippen molar-refractivity contribution in [1.82, 2.24) is 25.3 Å². The molecule has 5 N–H and O–H groups in total. The quantitative estimate of drug-likeness (QED) is 0.0354. The van der Waals surface area contributed by atoms with Crippen LogP contribution in [0.1, 0.15) is 90.7 Å². The van der Waals surface area contributed by atoms with Crippen LogP contribution in [0.15, 0.2) is 30.3 Å². The summed E-state index contributed by atoms with van der Waals surface area (Å²) in [5.41, 5.74) is 6.95. The zero-order valence-electron chi connectivity index (χ0n) is 37.0. The number of hydrogen-bond donors (Lipinski definition) is 4. The van der Waals surface area contributed by atoms with Gasteiger partial charge in [-0.3, -0.25) is 14.6 Å². The molecule has 15 heteroatoms. The van der Waals surface area contributed by atoms with E-state index in [-0.39, 0.29) is 18.0 Å². The third-order valence-corrected chi connectivity index (χ3v) is 11.4. The molecule has 15 nitrogen and oxygen atoms in total. The van der Waals surface area contributed by atoms with E-state index < -0.39 is 11.7 Å². The molecule has 1 aromatic carbocycles. The highest BCUT2D eigenvalue weighted by molar-refractivity contribution is 5.82. The summed E-state index contributed by atoms with van der Waals surface area (Å²) in [4.78, 5) is 32.8. The third-order valence-electron chi connectivity index (χ3n) is 11.4. The average Bonchev–Trinajstić information content (AvgIpc) is 3.45. The maximum atomic E-state index is 12.8. The number of rotatable bonds is 26. The minimum atomic E-state index is -0.566. The Kier molecular flexibility index (Phi) is 21.8. The van der Waals surface area contributed by atoms with E-state index in [1.807, 2.05) is 50.5 Å². The molecule has 3 heterocycles. The van der Waals surface area contributed by atoms with Crippen LogP contribution < -0.4 is 16.4 Å². The van der Waals surface area contributed by atoms with Gasteiger partial charge >= 0.3 is 6.09 Å². The number of ether oxygens (including phenoxy) is 5. The molecule has 3 atom stereocenters. The number of alkyl carbamates (subject to hydrolysis) is 1. The molecule has 0 spiro atoms. The molecule has 3 saturated heterocycles. The summed E-state index contributed by atoms with van der Waals surface area (Å²) in [5.74, 6) is 3.65. The molecular weight excluding hydrogens is 765 g/mol. The molecule has 3 aliphatic heterocycles. The molecule has 0 radical (unpaired) electrons. The molecule has 0 aliphatic carbocycles. The van der Waals surface area contributed by atoms with E-state index in [0.717, 1.165) is 83.5 Å². The van der Waals surface area contributed by atoms with Gasteiger partial charge in [-0.1, -0.05) is 36.3 Å². The molecular formula is C45H75N8O7+. The lowest BCUT2D eigenvalue weighted by molar-refractivity contribution is -0.468. The SMILES string of the molecule is C#CCOCCOCCOCCOCCN1CCN(CCC(=O)NCCCC(=N)[N+](=C(C)N)C2CC3CCC(C2)N3CC[C@H](NC(=O)OC(C)(C)C)c2ccccc2)CC1. The standard InChI is InChI=1S/C45H74N8O7/c1-6-26-56-28-30-58-32-33-59-31-29-57-27-25-51-23-21-50(22-24-51)19-17-43(54)48-18-10-13-42(47)53(36(2)46)40-34-38-14-15-39(35-40)52(38)20-16-41(37-11-8-7-9-12-37)49-44(55)60-45(3,4)5/h1,7-9,11-12,38-41,46-47H,10,13-35H2,2-5H3,(H2,48,49,54,55)/p+1/t38?,39?,40?,41-/m0/s1. The first kappa shape index (κ1) is 49.0. The Morgan fingerprint density at radius 2 is 1.47 bits per heavy atom. The number of nitrogens with zero attached hydrogens (tertiary/aromatic N) is 4. The smallest absolute Gasteiger partial charge is 0.408 e. The van der Waals surface area contributed by atoms with Crippen molar-refractivity contribution in [3.8, 4) is 12.3 Å². The number of benzene rings is 1. The fourth-order valence-electron chi connectivity index (χ4n) is 8.45. The number of carbonyl (C=O) groups excluding carboxylic acids is 2. The topological polar surface area (TPSA) is 167 Å². The fourth-order valence-corrected chi connectivity index (χ4v) is 8.45. The fraction of sp³-hybridized carbons (Fsp3) is 0.733. The summed E-state index contributed by atoms with van der Waals surface area (Å²) < 4.78 is 29.5. The number of piperazine rings is 1. The Hall–Kier alpha value is -3.62. The van der Waals surface area contributed by atoms with Crippen molar-refractivity contribution in [3.05, 3.63) is 35.9 Å². The Balaban J connectivity index is 1.06. The molecule has 0 saturated carbocycles. The lowest BCUT2D eigenvalue weighted by Gasteiger charge is -2.40. The summed E-state index contributed by atoms with van der Waals surface area (Å²) in [5, 5.41) is 15.2. The van der Waals surface area contributed by atoms with Crippen molar-refractivity contribution >= 4 is 23.7 Å². The van der Waals surface area contributed by atoms with E-state index in [1.165, 1.54) is 0 Å². The van der Waals surface area contributed by atoms with Crippen molar-refractivity contribution < 1.29 is 37.8 Å². The van der Waals surface area contributed by atoms with Crippen molar-refractivity contribution in [3.63, 3.8) is 0 Å². The highest BCUT2D eigenvalue weighted by Crippen LogP contribution is 2.38. The Morgan fingerprint density at radius 1 is 0.883 bits per heavy atom. The maximum absolute atomic E-state index is 12.8. The molecule has 2 bridgehead atoms. The van der Waals surface area contributed by atoms with E-state index in [4.69, 9.17) is 41.3 Å². The van der Waals surface area contributed by atoms with Crippen LogP contribution in [0.5, 0.6) is 0 Å². The summed E-state index contributed by atoms with van der Waals surface area (Å²) >= 11 is 0. The predicted molar refractivity (Wildman–Crippen MR) is 234 cm³/mol. The van der Waals surface area contributed by atoms with Gasteiger partial charge in [-0.05, 0) is 64.9 Å². The first-order chi connectivity index (χ1) is 28.9. The Labute approximate surface area is 359 Å². The number of fused-ring (bicyclic) bond motifs is 2. The molecule has 4 rings (SSSR count). The van der Waals surface area contributed by atoms with Crippen LogP contribution in [0.3, 0.4) is 0 Å². The number of terminal acetylenes is 1. The molecule has 1 aromatic rings. The second kappa shape index (κ2) is 26.7. The first-order valence-corrected chi connectivity index (χ1v) is 22.1. The van der Waals surface area contributed by atoms with Gasteiger partial charge in [-0.15, -0.1) is 6.42 Å². The molecule has 3 fully saturated rings. The minimum absolute atomic E-state index is 0.0541. The van der Waals surface area contributed by atoms with Crippen LogP contribution in [0.25, 0.3) is 0 Å². The van der Waals surface area contributed by atoms with Gasteiger partial charge in [0.2, 0.25) is 11.7 Å². The second-order valence-corrected chi connectivity index (χ2v) is 17.1. The van der Waals surface area contributed by atoms with Crippen LogP contribution in [-0.2, 0) is 28.5 Å².